The largest absolute Gasteiger partial charge is 0.504 e. The normalized spacial score (nSPS) is 10.7. The number of phenols is 2. The van der Waals surface area contributed by atoms with Crippen molar-refractivity contribution >= 4 is 16.3 Å². The number of aromatic nitrogens is 2. The van der Waals surface area contributed by atoms with E-state index in [4.69, 9.17) is 10.3 Å². The van der Waals surface area contributed by atoms with E-state index in [9.17, 15) is 10.2 Å². The van der Waals surface area contributed by atoms with Gasteiger partial charge in [0.15, 0.2) is 11.5 Å². The molecule has 19 heavy (non-hydrogen) atoms. The summed E-state index contributed by atoms with van der Waals surface area (Å²) in [5.41, 5.74) is 7.01. The number of nitrogens with two attached hydrogens (primary N) is 1. The van der Waals surface area contributed by atoms with Crippen molar-refractivity contribution in [2.24, 2.45) is 0 Å². The minimum Gasteiger partial charge on any atom is -0.504 e. The van der Waals surface area contributed by atoms with E-state index in [2.05, 4.69) is 10.1 Å². The summed E-state index contributed by atoms with van der Waals surface area (Å²) in [6.45, 7) is 0. The lowest BCUT2D eigenvalue weighted by Gasteiger charge is -1.98. The van der Waals surface area contributed by atoms with Crippen molar-refractivity contribution in [1.82, 2.24) is 10.1 Å². The standard InChI is InChI=1S/C12H9N3O3S/c13-10-7(3-4-19-10)12-14-11(15-18-12)6-1-2-8(16)9(17)5-6/h1-5,16-17H,13H2. The minimum atomic E-state index is -0.237. The van der Waals surface area contributed by atoms with Crippen LogP contribution in [0.1, 0.15) is 0 Å². The lowest BCUT2D eigenvalue weighted by Crippen LogP contribution is -1.84. The quantitative estimate of drug-likeness (QED) is 0.620. The van der Waals surface area contributed by atoms with Crippen LogP contribution in [0.15, 0.2) is 34.2 Å². The molecule has 0 atom stereocenters. The Balaban J connectivity index is 2.01. The number of hydrogen-bond donors (Lipinski definition) is 3. The number of rotatable bonds is 2. The van der Waals surface area contributed by atoms with Gasteiger partial charge in [0.05, 0.1) is 10.6 Å². The average Bonchev–Trinajstić information content (AvgIpc) is 3.01. The molecular weight excluding hydrogens is 266 g/mol. The Labute approximate surface area is 111 Å². The van der Waals surface area contributed by atoms with Crippen LogP contribution in [0.2, 0.25) is 0 Å². The van der Waals surface area contributed by atoms with Gasteiger partial charge in [0.2, 0.25) is 5.82 Å². The highest BCUT2D eigenvalue weighted by Crippen LogP contribution is 2.32. The fourth-order valence-electron chi connectivity index (χ4n) is 1.61. The van der Waals surface area contributed by atoms with Crippen LogP contribution >= 0.6 is 11.3 Å². The van der Waals surface area contributed by atoms with Crippen LogP contribution < -0.4 is 5.73 Å². The van der Waals surface area contributed by atoms with Crippen molar-refractivity contribution in [3.63, 3.8) is 0 Å². The first-order chi connectivity index (χ1) is 9.15. The monoisotopic (exact) mass is 275 g/mol. The van der Waals surface area contributed by atoms with E-state index in [1.54, 1.807) is 12.1 Å². The fourth-order valence-corrected chi connectivity index (χ4v) is 2.24. The van der Waals surface area contributed by atoms with Crippen LogP contribution in [0.3, 0.4) is 0 Å². The van der Waals surface area contributed by atoms with Crippen molar-refractivity contribution in [3.05, 3.63) is 29.6 Å². The second kappa shape index (κ2) is 4.29. The van der Waals surface area contributed by atoms with Gasteiger partial charge in [0, 0.05) is 5.56 Å². The fraction of sp³-hybridized carbons (Fsp3) is 0. The van der Waals surface area contributed by atoms with Gasteiger partial charge in [-0.1, -0.05) is 5.16 Å². The molecule has 1 aromatic carbocycles. The highest BCUT2D eigenvalue weighted by molar-refractivity contribution is 7.14. The maximum absolute atomic E-state index is 9.44. The van der Waals surface area contributed by atoms with Gasteiger partial charge in [0.25, 0.3) is 5.89 Å². The van der Waals surface area contributed by atoms with E-state index in [-0.39, 0.29) is 11.5 Å². The van der Waals surface area contributed by atoms with Crippen LogP contribution in [-0.4, -0.2) is 20.4 Å². The minimum absolute atomic E-state index is 0.199. The summed E-state index contributed by atoms with van der Waals surface area (Å²) in [4.78, 5) is 4.21. The maximum Gasteiger partial charge on any atom is 0.261 e. The number of benzene rings is 1. The number of anilines is 1. The SMILES string of the molecule is Nc1sccc1-c1nc(-c2ccc(O)c(O)c2)no1. The van der Waals surface area contributed by atoms with Crippen molar-refractivity contribution in [2.45, 2.75) is 0 Å². The molecule has 0 aliphatic heterocycles. The van der Waals surface area contributed by atoms with Crippen LogP contribution in [0, 0.1) is 0 Å². The van der Waals surface area contributed by atoms with E-state index in [1.807, 2.05) is 5.38 Å². The Morgan fingerprint density at radius 3 is 2.68 bits per heavy atom. The molecule has 3 aromatic rings. The molecule has 0 fully saturated rings. The first-order valence-electron chi connectivity index (χ1n) is 5.34. The molecule has 0 radical (unpaired) electrons. The summed E-state index contributed by atoms with van der Waals surface area (Å²) in [5.74, 6) is 0.200. The zero-order valence-corrected chi connectivity index (χ0v) is 10.4. The predicted octanol–water partition coefficient (Wildman–Crippen LogP) is 2.46. The molecule has 4 N–H and O–H groups in total. The molecule has 0 unspecified atom stereocenters. The third-order valence-corrected chi connectivity index (χ3v) is 3.33. The van der Waals surface area contributed by atoms with E-state index < -0.39 is 0 Å². The average molecular weight is 275 g/mol. The summed E-state index contributed by atoms with van der Waals surface area (Å²) in [6, 6.07) is 6.10. The molecule has 0 bridgehead atoms. The van der Waals surface area contributed by atoms with Gasteiger partial charge in [-0.15, -0.1) is 11.3 Å². The molecule has 0 amide bonds. The Kier molecular flexibility index (Phi) is 2.60. The zero-order chi connectivity index (χ0) is 13.4. The molecule has 0 saturated heterocycles. The molecule has 96 valence electrons. The first kappa shape index (κ1) is 11.5. The highest BCUT2D eigenvalue weighted by Gasteiger charge is 2.14. The Hall–Kier alpha value is -2.54. The third kappa shape index (κ3) is 2.00. The number of aromatic hydroxyl groups is 2. The van der Waals surface area contributed by atoms with E-state index in [1.165, 1.54) is 23.5 Å². The highest BCUT2D eigenvalue weighted by atomic mass is 32.1. The number of hydrogen-bond acceptors (Lipinski definition) is 7. The van der Waals surface area contributed by atoms with Crippen LogP contribution in [0.25, 0.3) is 22.8 Å². The topological polar surface area (TPSA) is 105 Å². The van der Waals surface area contributed by atoms with E-state index in [0.29, 0.717) is 27.8 Å². The van der Waals surface area contributed by atoms with Gasteiger partial charge >= 0.3 is 0 Å². The molecule has 0 aliphatic rings. The Bertz CT molecular complexity index is 735. The molecule has 0 spiro atoms. The second-order valence-corrected chi connectivity index (χ2v) is 4.77. The third-order valence-electron chi connectivity index (χ3n) is 2.59. The van der Waals surface area contributed by atoms with Crippen LogP contribution in [0.4, 0.5) is 5.00 Å². The smallest absolute Gasteiger partial charge is 0.261 e. The Morgan fingerprint density at radius 1 is 1.16 bits per heavy atom. The van der Waals surface area contributed by atoms with Crippen molar-refractivity contribution < 1.29 is 14.7 Å². The van der Waals surface area contributed by atoms with Gasteiger partial charge in [-0.25, -0.2) is 0 Å². The molecule has 7 heteroatoms. The predicted molar refractivity (Wildman–Crippen MR) is 70.8 cm³/mol. The Morgan fingerprint density at radius 2 is 2.00 bits per heavy atom. The first-order valence-corrected chi connectivity index (χ1v) is 6.22. The molecule has 6 nitrogen and oxygen atoms in total. The number of nitrogen functional groups attached to an aromatic ring is 1. The van der Waals surface area contributed by atoms with Crippen LogP contribution in [0.5, 0.6) is 11.5 Å². The lowest BCUT2D eigenvalue weighted by atomic mass is 10.2. The van der Waals surface area contributed by atoms with Crippen molar-refractivity contribution in [3.8, 4) is 34.3 Å². The molecule has 0 aliphatic carbocycles. The molecule has 2 aromatic heterocycles. The molecule has 0 saturated carbocycles. The van der Waals surface area contributed by atoms with Crippen molar-refractivity contribution in [1.29, 1.82) is 0 Å². The maximum atomic E-state index is 9.44. The van der Waals surface area contributed by atoms with E-state index in [0.717, 1.165) is 0 Å². The van der Waals surface area contributed by atoms with Crippen LogP contribution in [-0.2, 0) is 0 Å². The number of thiophene rings is 1. The molecule has 3 rings (SSSR count). The zero-order valence-electron chi connectivity index (χ0n) is 9.57. The summed E-state index contributed by atoms with van der Waals surface area (Å²) in [7, 11) is 0. The van der Waals surface area contributed by atoms with Gasteiger partial charge in [-0.05, 0) is 29.6 Å². The second-order valence-electron chi connectivity index (χ2n) is 3.83. The van der Waals surface area contributed by atoms with Gasteiger partial charge in [0.1, 0.15) is 0 Å². The summed E-state index contributed by atoms with van der Waals surface area (Å²) in [5, 5.41) is 25.0. The van der Waals surface area contributed by atoms with Gasteiger partial charge in [-0.2, -0.15) is 4.98 Å². The van der Waals surface area contributed by atoms with Gasteiger partial charge in [-0.3, -0.25) is 0 Å². The summed E-state index contributed by atoms with van der Waals surface area (Å²) in [6.07, 6.45) is 0. The van der Waals surface area contributed by atoms with Gasteiger partial charge < -0.3 is 20.5 Å². The lowest BCUT2D eigenvalue weighted by molar-refractivity contribution is 0.404. The summed E-state index contributed by atoms with van der Waals surface area (Å²) >= 11 is 1.39. The number of nitrogens with zero attached hydrogens (tertiary/aromatic N) is 2. The molecule has 2 heterocycles. The summed E-state index contributed by atoms with van der Waals surface area (Å²) < 4.78 is 5.14. The van der Waals surface area contributed by atoms with Crippen molar-refractivity contribution in [2.75, 3.05) is 5.73 Å². The molecular formula is C12H9N3O3S. The van der Waals surface area contributed by atoms with E-state index >= 15 is 0 Å². The number of phenolic OH excluding ortho intramolecular Hbond substituents is 2.